The molecule has 0 heterocycles. The summed E-state index contributed by atoms with van der Waals surface area (Å²) >= 11 is 0. The maximum absolute atomic E-state index is 9.98. The third-order valence-electron chi connectivity index (χ3n) is 0.817. The smallest absolute Gasteiger partial charge is 0.303 e. The van der Waals surface area contributed by atoms with E-state index in [1.54, 1.807) is 0 Å². The van der Waals surface area contributed by atoms with E-state index < -0.39 is 12.8 Å². The fourth-order valence-corrected chi connectivity index (χ4v) is 0.401. The predicted octanol–water partition coefficient (Wildman–Crippen LogP) is 1.65. The number of hydrogen-bond donors (Lipinski definition) is 1. The molecule has 0 saturated carbocycles. The summed E-state index contributed by atoms with van der Waals surface area (Å²) in [5, 5.41) is 8.20. The van der Waals surface area contributed by atoms with Crippen molar-refractivity contribution < 1.29 is 14.0 Å². The number of unbranched alkanes of at least 4 members (excludes halogenated alkanes) is 1. The summed E-state index contributed by atoms with van der Waals surface area (Å²) in [6, 6.07) is 0. The van der Waals surface area contributed by atoms with Crippen molar-refractivity contribution >= 4 is 5.97 Å². The van der Waals surface area contributed by atoms with Gasteiger partial charge < -0.3 is 5.11 Å². The molecule has 0 aliphatic rings. The minimum atomic E-state index is -1.90. The fourth-order valence-electron chi connectivity index (χ4n) is 0.401. The van der Waals surface area contributed by atoms with Gasteiger partial charge in [-0.05, 0) is 6.42 Å². The van der Waals surface area contributed by atoms with Crippen molar-refractivity contribution in [2.24, 2.45) is 0 Å². The van der Waals surface area contributed by atoms with E-state index in [4.69, 9.17) is 9.22 Å². The van der Waals surface area contributed by atoms with E-state index in [2.05, 4.69) is 0 Å². The highest BCUT2D eigenvalue weighted by atomic mass is 16.4. The lowest BCUT2D eigenvalue weighted by Crippen LogP contribution is -1.92. The zero-order valence-corrected chi connectivity index (χ0v) is 4.68. The molecule has 0 bridgehead atoms. The largest absolute Gasteiger partial charge is 0.481 e. The van der Waals surface area contributed by atoms with Gasteiger partial charge in [-0.1, -0.05) is 19.7 Å². The number of aliphatic carboxylic acids is 1. The molecule has 0 saturated heterocycles. The topological polar surface area (TPSA) is 37.3 Å². The van der Waals surface area contributed by atoms with E-state index in [-0.39, 0.29) is 12.8 Å². The SMILES string of the molecule is [2H]C([2H])([2H])CCCCC(=O)O. The van der Waals surface area contributed by atoms with Crippen molar-refractivity contribution in [3.8, 4) is 0 Å². The van der Waals surface area contributed by atoms with Crippen LogP contribution in [0.2, 0.25) is 0 Å². The van der Waals surface area contributed by atoms with Gasteiger partial charge in [-0.2, -0.15) is 0 Å². The Hall–Kier alpha value is -0.530. The average Bonchev–Trinajstić information content (AvgIpc) is 1.78. The molecule has 0 spiro atoms. The summed E-state index contributed by atoms with van der Waals surface area (Å²) in [4.78, 5) is 9.98. The molecule has 2 heteroatoms. The Balaban J connectivity index is 3.22. The summed E-state index contributed by atoms with van der Waals surface area (Å²) in [6.07, 6.45) is 1.09. The quantitative estimate of drug-likeness (QED) is 0.571. The van der Waals surface area contributed by atoms with Gasteiger partial charge in [-0.25, -0.2) is 0 Å². The lowest BCUT2D eigenvalue weighted by atomic mass is 10.2. The van der Waals surface area contributed by atoms with E-state index in [0.717, 1.165) is 0 Å². The Labute approximate surface area is 53.7 Å². The second-order valence-corrected chi connectivity index (χ2v) is 1.60. The van der Waals surface area contributed by atoms with E-state index in [0.29, 0.717) is 12.8 Å². The van der Waals surface area contributed by atoms with Gasteiger partial charge in [0.05, 0.1) is 0 Å². The molecule has 0 atom stereocenters. The molecule has 0 rings (SSSR count). The second-order valence-electron chi connectivity index (χ2n) is 1.60. The molecule has 2 nitrogen and oxygen atoms in total. The van der Waals surface area contributed by atoms with Crippen LogP contribution in [0.25, 0.3) is 0 Å². The zero-order valence-electron chi connectivity index (χ0n) is 7.68. The van der Waals surface area contributed by atoms with Gasteiger partial charge in [-0.3, -0.25) is 4.79 Å². The van der Waals surface area contributed by atoms with Crippen molar-refractivity contribution in [2.75, 3.05) is 0 Å². The number of carbonyl (C=O) groups is 1. The van der Waals surface area contributed by atoms with E-state index in [9.17, 15) is 4.79 Å². The summed E-state index contributed by atoms with van der Waals surface area (Å²) in [5.74, 6) is -0.865. The number of carboxylic acids is 1. The molecule has 0 fully saturated rings. The third kappa shape index (κ3) is 5.47. The molecule has 0 aromatic heterocycles. The van der Waals surface area contributed by atoms with Gasteiger partial charge in [0.25, 0.3) is 0 Å². The van der Waals surface area contributed by atoms with Crippen molar-refractivity contribution in [3.05, 3.63) is 0 Å². The summed E-state index contributed by atoms with van der Waals surface area (Å²) < 4.78 is 20.4. The van der Waals surface area contributed by atoms with Crippen LogP contribution in [-0.2, 0) is 4.79 Å². The standard InChI is InChI=1S/C6H12O2/c1-2-3-4-5-6(7)8/h2-5H2,1H3,(H,7,8)/i1D3. The molecule has 8 heavy (non-hydrogen) atoms. The van der Waals surface area contributed by atoms with Gasteiger partial charge in [0.2, 0.25) is 0 Å². The van der Waals surface area contributed by atoms with Gasteiger partial charge in [-0.15, -0.1) is 0 Å². The van der Waals surface area contributed by atoms with Gasteiger partial charge >= 0.3 is 5.97 Å². The first kappa shape index (κ1) is 3.49. The molecule has 0 aromatic carbocycles. The molecular formula is C6H12O2. The monoisotopic (exact) mass is 119 g/mol. The van der Waals surface area contributed by atoms with Crippen LogP contribution in [0.5, 0.6) is 0 Å². The van der Waals surface area contributed by atoms with Gasteiger partial charge in [0.1, 0.15) is 0 Å². The lowest BCUT2D eigenvalue weighted by molar-refractivity contribution is -0.137. The average molecular weight is 119 g/mol. The van der Waals surface area contributed by atoms with Crippen LogP contribution in [0.3, 0.4) is 0 Å². The van der Waals surface area contributed by atoms with Crippen LogP contribution >= 0.6 is 0 Å². The fraction of sp³-hybridized carbons (Fsp3) is 0.833. The maximum atomic E-state index is 9.98. The van der Waals surface area contributed by atoms with Crippen LogP contribution in [-0.4, -0.2) is 11.1 Å². The zero-order chi connectivity index (χ0) is 8.91. The third-order valence-corrected chi connectivity index (χ3v) is 0.817. The molecule has 0 radical (unpaired) electrons. The van der Waals surface area contributed by atoms with Crippen molar-refractivity contribution in [2.45, 2.75) is 32.5 Å². The Morgan fingerprint density at radius 1 is 1.75 bits per heavy atom. The Bertz CT molecular complexity index is 130. The minimum Gasteiger partial charge on any atom is -0.481 e. The Morgan fingerprint density at radius 3 is 3.00 bits per heavy atom. The highest BCUT2D eigenvalue weighted by Gasteiger charge is 1.92. The Kier molecular flexibility index (Phi) is 2.02. The highest BCUT2D eigenvalue weighted by Crippen LogP contribution is 1.97. The van der Waals surface area contributed by atoms with Crippen molar-refractivity contribution in [3.63, 3.8) is 0 Å². The maximum Gasteiger partial charge on any atom is 0.303 e. The van der Waals surface area contributed by atoms with Gasteiger partial charge in [0.15, 0.2) is 0 Å². The minimum absolute atomic E-state index is 0.0656. The van der Waals surface area contributed by atoms with Gasteiger partial charge in [0, 0.05) is 10.5 Å². The van der Waals surface area contributed by atoms with E-state index in [1.165, 1.54) is 0 Å². The second kappa shape index (κ2) is 4.62. The number of rotatable bonds is 4. The molecule has 0 unspecified atom stereocenters. The molecule has 0 aliphatic carbocycles. The first-order valence-electron chi connectivity index (χ1n) is 4.13. The summed E-state index contributed by atoms with van der Waals surface area (Å²) in [6.45, 7) is -1.90. The molecule has 0 aromatic rings. The first-order valence-corrected chi connectivity index (χ1v) is 2.63. The number of carboxylic acid groups (broad SMARTS) is 1. The lowest BCUT2D eigenvalue weighted by Gasteiger charge is -1.89. The Morgan fingerprint density at radius 2 is 2.50 bits per heavy atom. The molecule has 1 N–H and O–H groups in total. The molecule has 0 aliphatic heterocycles. The van der Waals surface area contributed by atoms with Crippen LogP contribution in [0.15, 0.2) is 0 Å². The normalized spacial score (nSPS) is 16.2. The van der Waals surface area contributed by atoms with Crippen LogP contribution < -0.4 is 0 Å². The van der Waals surface area contributed by atoms with Crippen LogP contribution in [0.4, 0.5) is 0 Å². The van der Waals surface area contributed by atoms with Crippen LogP contribution in [0, 0.1) is 0 Å². The van der Waals surface area contributed by atoms with Crippen LogP contribution in [0.1, 0.15) is 36.6 Å². The van der Waals surface area contributed by atoms with E-state index >= 15 is 0 Å². The summed E-state index contributed by atoms with van der Waals surface area (Å²) in [7, 11) is 0. The molecule has 48 valence electrons. The number of hydrogen-bond acceptors (Lipinski definition) is 1. The summed E-state index contributed by atoms with van der Waals surface area (Å²) in [5.41, 5.74) is 0. The molecule has 0 amide bonds. The van der Waals surface area contributed by atoms with E-state index in [1.807, 2.05) is 0 Å². The first-order chi connectivity index (χ1) is 4.92. The predicted molar refractivity (Wildman–Crippen MR) is 31.8 cm³/mol. The van der Waals surface area contributed by atoms with Crippen molar-refractivity contribution in [1.29, 1.82) is 0 Å². The van der Waals surface area contributed by atoms with Crippen molar-refractivity contribution in [1.82, 2.24) is 0 Å². The highest BCUT2D eigenvalue weighted by molar-refractivity contribution is 5.66. The molecular weight excluding hydrogens is 104 g/mol.